The molecule has 4 heterocycles. The zero-order chi connectivity index (χ0) is 27.5. The Morgan fingerprint density at radius 2 is 1.90 bits per heavy atom. The maximum absolute atomic E-state index is 13.4. The van der Waals surface area contributed by atoms with Crippen LogP contribution in [-0.2, 0) is 37.8 Å². The lowest BCUT2D eigenvalue weighted by Gasteiger charge is -2.32. The fourth-order valence-corrected chi connectivity index (χ4v) is 7.09. The van der Waals surface area contributed by atoms with Gasteiger partial charge in [0.1, 0.15) is 7.11 Å². The Balaban J connectivity index is 1.44. The Morgan fingerprint density at radius 1 is 1.07 bits per heavy atom. The van der Waals surface area contributed by atoms with Crippen LogP contribution in [0.15, 0.2) is 29.6 Å². The fraction of sp³-hybridized carbons (Fsp3) is 0.452. The lowest BCUT2D eigenvalue weighted by atomic mass is 9.82. The summed E-state index contributed by atoms with van der Waals surface area (Å²) in [5, 5.41) is 14.5. The van der Waals surface area contributed by atoms with Gasteiger partial charge in [0.2, 0.25) is 0 Å². The summed E-state index contributed by atoms with van der Waals surface area (Å²) in [6.45, 7) is 9.07. The van der Waals surface area contributed by atoms with Crippen molar-refractivity contribution in [2.75, 3.05) is 46.9 Å². The molecule has 0 unspecified atom stereocenters. The molecule has 0 bridgehead atoms. The molecule has 3 aliphatic rings. The number of rotatable bonds is 6. The number of amides is 1. The Bertz CT molecular complexity index is 1690. The number of carbonyl (C=O) groups excluding carboxylic acids is 1. The number of fused-ring (bicyclic) bond motifs is 10. The molecule has 1 N–H and O–H groups in total. The fourth-order valence-electron chi connectivity index (χ4n) is 7.09. The Kier molecular flexibility index (Phi) is 6.16. The van der Waals surface area contributed by atoms with Gasteiger partial charge < -0.3 is 24.5 Å². The van der Waals surface area contributed by atoms with Crippen molar-refractivity contribution in [3.63, 3.8) is 0 Å². The number of hydrogen-bond donors (Lipinski definition) is 1. The van der Waals surface area contributed by atoms with Gasteiger partial charge in [-0.05, 0) is 68.6 Å². The number of carbonyl (C=O) groups is 1. The van der Waals surface area contributed by atoms with Crippen LogP contribution < -0.4 is 5.32 Å². The number of aromatic nitrogens is 3. The first kappa shape index (κ1) is 25.3. The van der Waals surface area contributed by atoms with Crippen LogP contribution in [-0.4, -0.2) is 82.6 Å². The summed E-state index contributed by atoms with van der Waals surface area (Å²) in [6.07, 6.45) is 4.93. The predicted octanol–water partition coefficient (Wildman–Crippen LogP) is 3.54. The average molecular weight is 540 g/mol. The van der Waals surface area contributed by atoms with Crippen LogP contribution in [0.5, 0.6) is 0 Å². The van der Waals surface area contributed by atoms with Gasteiger partial charge in [-0.25, -0.2) is 0 Å². The van der Waals surface area contributed by atoms with Crippen LogP contribution in [0.25, 0.3) is 32.9 Å². The molecule has 208 valence electrons. The van der Waals surface area contributed by atoms with Crippen molar-refractivity contribution < 1.29 is 9.63 Å². The van der Waals surface area contributed by atoms with E-state index in [2.05, 4.69) is 56.3 Å². The summed E-state index contributed by atoms with van der Waals surface area (Å²) in [5.41, 5.74) is 10.9. The van der Waals surface area contributed by atoms with Gasteiger partial charge in [0.25, 0.3) is 5.91 Å². The molecule has 0 saturated carbocycles. The summed E-state index contributed by atoms with van der Waals surface area (Å²) in [5.74, 6) is 0.0223. The minimum Gasteiger partial charge on any atom is -0.399 e. The van der Waals surface area contributed by atoms with Crippen LogP contribution >= 0.6 is 0 Å². The zero-order valence-corrected chi connectivity index (χ0v) is 23.9. The SMILES string of the molecule is CON=C(C)c1ccc2c(c1)c1c3c(c4c(c1n2CCCN1CCN(C)CC1)CCc1nn(C)cc1-4)C(=O)NC3. The molecule has 9 nitrogen and oxygen atoms in total. The predicted molar refractivity (Wildman–Crippen MR) is 158 cm³/mol. The molecule has 0 spiro atoms. The summed E-state index contributed by atoms with van der Waals surface area (Å²) >= 11 is 0. The first-order chi connectivity index (χ1) is 19.4. The Hall–Kier alpha value is -3.69. The third-order valence-corrected chi connectivity index (χ3v) is 9.04. The van der Waals surface area contributed by atoms with Gasteiger partial charge in [-0.1, -0.05) is 11.2 Å². The van der Waals surface area contributed by atoms with E-state index in [0.717, 1.165) is 97.8 Å². The van der Waals surface area contributed by atoms with Gasteiger partial charge in [0.15, 0.2) is 0 Å². The van der Waals surface area contributed by atoms with E-state index in [4.69, 9.17) is 9.94 Å². The van der Waals surface area contributed by atoms with E-state index in [1.54, 1.807) is 7.11 Å². The maximum atomic E-state index is 13.4. The second kappa shape index (κ2) is 9.74. The average Bonchev–Trinajstić information content (AvgIpc) is 3.62. The first-order valence-corrected chi connectivity index (χ1v) is 14.4. The van der Waals surface area contributed by atoms with Crippen LogP contribution in [0.4, 0.5) is 0 Å². The van der Waals surface area contributed by atoms with Gasteiger partial charge in [-0.3, -0.25) is 9.48 Å². The quantitative estimate of drug-likeness (QED) is 0.300. The van der Waals surface area contributed by atoms with E-state index in [9.17, 15) is 4.79 Å². The topological polar surface area (TPSA) is 79.9 Å². The van der Waals surface area contributed by atoms with E-state index in [-0.39, 0.29) is 5.91 Å². The minimum absolute atomic E-state index is 0.0223. The summed E-state index contributed by atoms with van der Waals surface area (Å²) in [6, 6.07) is 6.61. The van der Waals surface area contributed by atoms with E-state index < -0.39 is 0 Å². The van der Waals surface area contributed by atoms with Gasteiger partial charge >= 0.3 is 0 Å². The largest absolute Gasteiger partial charge is 0.399 e. The van der Waals surface area contributed by atoms with E-state index in [1.807, 2.05) is 18.7 Å². The molecule has 2 aromatic carbocycles. The van der Waals surface area contributed by atoms with Gasteiger partial charge in [0, 0.05) is 79.9 Å². The molecule has 2 aromatic heterocycles. The molecule has 7 rings (SSSR count). The molecule has 2 aliphatic heterocycles. The number of benzene rings is 2. The molecule has 1 aliphatic carbocycles. The van der Waals surface area contributed by atoms with Crippen molar-refractivity contribution in [2.24, 2.45) is 12.2 Å². The summed E-state index contributed by atoms with van der Waals surface area (Å²) < 4.78 is 4.43. The standard InChI is InChI=1S/C31H37N7O2/c1-19(34-40-4)20-6-9-26-22(16-20)28-23-17-32-31(39)29(23)27-21(7-8-25-24(27)18-36(3)33-25)30(28)38(26)11-5-10-37-14-12-35(2)13-15-37/h6,9,16,18H,5,7-8,10-15,17H2,1-4H3,(H,32,39). The zero-order valence-electron chi connectivity index (χ0n) is 23.9. The lowest BCUT2D eigenvalue weighted by molar-refractivity contribution is 0.0966. The number of nitrogens with one attached hydrogen (secondary N) is 1. The van der Waals surface area contributed by atoms with Gasteiger partial charge in [-0.15, -0.1) is 0 Å². The first-order valence-electron chi connectivity index (χ1n) is 14.4. The lowest BCUT2D eigenvalue weighted by Crippen LogP contribution is -2.44. The van der Waals surface area contributed by atoms with Crippen LogP contribution in [0, 0.1) is 0 Å². The van der Waals surface area contributed by atoms with E-state index in [1.165, 1.54) is 27.4 Å². The number of nitrogens with zero attached hydrogens (tertiary/aromatic N) is 6. The second-order valence-electron chi connectivity index (χ2n) is 11.5. The number of piperazine rings is 1. The third kappa shape index (κ3) is 3.94. The molecule has 1 amide bonds. The highest BCUT2D eigenvalue weighted by atomic mass is 16.6. The number of likely N-dealkylation sites (N-methyl/N-ethyl adjacent to an activating group) is 1. The molecule has 9 heteroatoms. The number of aryl methyl sites for hydroxylation is 4. The highest BCUT2D eigenvalue weighted by Crippen LogP contribution is 2.46. The normalized spacial score (nSPS) is 17.8. The minimum atomic E-state index is 0.0223. The Morgan fingerprint density at radius 3 is 2.70 bits per heavy atom. The highest BCUT2D eigenvalue weighted by Gasteiger charge is 2.35. The van der Waals surface area contributed by atoms with E-state index >= 15 is 0 Å². The summed E-state index contributed by atoms with van der Waals surface area (Å²) in [7, 11) is 5.76. The van der Waals surface area contributed by atoms with Crippen molar-refractivity contribution in [1.29, 1.82) is 0 Å². The smallest absolute Gasteiger partial charge is 0.252 e. The third-order valence-electron chi connectivity index (χ3n) is 9.04. The summed E-state index contributed by atoms with van der Waals surface area (Å²) in [4.78, 5) is 23.5. The number of hydrogen-bond acceptors (Lipinski definition) is 6. The molecule has 40 heavy (non-hydrogen) atoms. The molecule has 0 atom stereocenters. The van der Waals surface area contributed by atoms with Crippen LogP contribution in [0.2, 0.25) is 0 Å². The van der Waals surface area contributed by atoms with Crippen molar-refractivity contribution in [3.05, 3.63) is 52.3 Å². The highest BCUT2D eigenvalue weighted by molar-refractivity contribution is 6.20. The van der Waals surface area contributed by atoms with Crippen molar-refractivity contribution >= 4 is 33.4 Å². The molecule has 4 aromatic rings. The van der Waals surface area contributed by atoms with Gasteiger partial charge in [0.05, 0.1) is 22.5 Å². The van der Waals surface area contributed by atoms with Crippen molar-refractivity contribution in [1.82, 2.24) is 29.5 Å². The van der Waals surface area contributed by atoms with Crippen molar-refractivity contribution in [2.45, 2.75) is 39.3 Å². The molecule has 1 fully saturated rings. The van der Waals surface area contributed by atoms with Crippen LogP contribution in [0.3, 0.4) is 0 Å². The number of oxime groups is 1. The molecular weight excluding hydrogens is 502 g/mol. The molecule has 1 saturated heterocycles. The molecule has 0 radical (unpaired) electrons. The van der Waals surface area contributed by atoms with E-state index in [0.29, 0.717) is 6.54 Å². The maximum Gasteiger partial charge on any atom is 0.252 e. The molecular formula is C31H37N7O2. The van der Waals surface area contributed by atoms with Gasteiger partial charge in [-0.2, -0.15) is 5.10 Å². The van der Waals surface area contributed by atoms with Crippen molar-refractivity contribution in [3.8, 4) is 11.1 Å². The second-order valence-corrected chi connectivity index (χ2v) is 11.5. The van der Waals surface area contributed by atoms with Crippen LogP contribution in [0.1, 0.15) is 46.1 Å². The monoisotopic (exact) mass is 539 g/mol. The Labute approximate surface area is 234 Å².